The van der Waals surface area contributed by atoms with E-state index in [4.69, 9.17) is 4.52 Å². The van der Waals surface area contributed by atoms with E-state index in [9.17, 15) is 4.79 Å². The predicted molar refractivity (Wildman–Crippen MR) is 73.8 cm³/mol. The second-order valence-electron chi connectivity index (χ2n) is 5.28. The van der Waals surface area contributed by atoms with E-state index < -0.39 is 0 Å². The zero-order valence-corrected chi connectivity index (χ0v) is 11.5. The summed E-state index contributed by atoms with van der Waals surface area (Å²) in [5.74, 6) is 1.89. The molecule has 104 valence electrons. The van der Waals surface area contributed by atoms with E-state index in [-0.39, 0.29) is 5.91 Å². The largest absolute Gasteiger partial charge is 0.342 e. The monoisotopic (exact) mass is 271 g/mol. The number of carbonyl (C=O) groups is 1. The summed E-state index contributed by atoms with van der Waals surface area (Å²) in [6.45, 7) is 3.89. The molecule has 1 saturated heterocycles. The first kappa shape index (κ1) is 12.8. The van der Waals surface area contributed by atoms with Crippen molar-refractivity contribution in [1.82, 2.24) is 15.0 Å². The van der Waals surface area contributed by atoms with Gasteiger partial charge in [0, 0.05) is 31.5 Å². The summed E-state index contributed by atoms with van der Waals surface area (Å²) in [5.41, 5.74) is 0.922. The lowest BCUT2D eigenvalue weighted by molar-refractivity contribution is -0.137. The third-order valence-electron chi connectivity index (χ3n) is 3.47. The van der Waals surface area contributed by atoms with E-state index in [1.54, 1.807) is 0 Å². The Balaban J connectivity index is 1.57. The van der Waals surface area contributed by atoms with Crippen LogP contribution in [0.3, 0.4) is 0 Å². The molecule has 0 unspecified atom stereocenters. The molecule has 1 aliphatic rings. The Kier molecular flexibility index (Phi) is 3.50. The maximum atomic E-state index is 11.9. The van der Waals surface area contributed by atoms with Gasteiger partial charge >= 0.3 is 0 Å². The Morgan fingerprint density at radius 3 is 2.80 bits per heavy atom. The van der Waals surface area contributed by atoms with E-state index in [1.165, 1.54) is 0 Å². The summed E-state index contributed by atoms with van der Waals surface area (Å²) < 4.78 is 5.19. The lowest BCUT2D eigenvalue weighted by Crippen LogP contribution is -2.48. The van der Waals surface area contributed by atoms with Crippen molar-refractivity contribution in [3.8, 4) is 11.4 Å². The Hall–Kier alpha value is -2.17. The molecule has 0 spiro atoms. The minimum absolute atomic E-state index is 0.169. The van der Waals surface area contributed by atoms with Crippen molar-refractivity contribution in [3.63, 3.8) is 0 Å². The number of nitrogens with zero attached hydrogens (tertiary/aromatic N) is 3. The van der Waals surface area contributed by atoms with Gasteiger partial charge in [-0.05, 0) is 5.92 Å². The molecule has 0 saturated carbocycles. The molecule has 1 aromatic heterocycles. The molecule has 0 atom stereocenters. The van der Waals surface area contributed by atoms with Crippen LogP contribution in [0.25, 0.3) is 11.4 Å². The third-order valence-corrected chi connectivity index (χ3v) is 3.47. The molecule has 1 amide bonds. The van der Waals surface area contributed by atoms with Crippen LogP contribution in [0.15, 0.2) is 34.9 Å². The highest BCUT2D eigenvalue weighted by Gasteiger charge is 2.26. The number of benzene rings is 1. The number of aryl methyl sites for hydroxylation is 1. The lowest BCUT2D eigenvalue weighted by Gasteiger charge is -2.37. The van der Waals surface area contributed by atoms with Crippen molar-refractivity contribution in [2.75, 3.05) is 13.1 Å². The van der Waals surface area contributed by atoms with Crippen LogP contribution in [0.4, 0.5) is 0 Å². The maximum Gasteiger partial charge on any atom is 0.227 e. The van der Waals surface area contributed by atoms with Gasteiger partial charge in [0.2, 0.25) is 17.6 Å². The van der Waals surface area contributed by atoms with Gasteiger partial charge in [-0.2, -0.15) is 4.98 Å². The molecular weight excluding hydrogens is 254 g/mol. The van der Waals surface area contributed by atoms with E-state index in [1.807, 2.05) is 35.2 Å². The zero-order valence-electron chi connectivity index (χ0n) is 11.5. The van der Waals surface area contributed by atoms with Gasteiger partial charge in [0.1, 0.15) is 0 Å². The molecule has 0 aliphatic carbocycles. The maximum absolute atomic E-state index is 11.9. The second kappa shape index (κ2) is 5.45. The molecule has 5 nitrogen and oxygen atoms in total. The molecule has 5 heteroatoms. The van der Waals surface area contributed by atoms with Crippen molar-refractivity contribution in [2.45, 2.75) is 19.8 Å². The topological polar surface area (TPSA) is 59.2 Å². The zero-order chi connectivity index (χ0) is 13.9. The van der Waals surface area contributed by atoms with Gasteiger partial charge in [-0.15, -0.1) is 0 Å². The summed E-state index contributed by atoms with van der Waals surface area (Å²) in [5, 5.41) is 3.94. The molecular formula is C15H17N3O2. The number of hydrogen-bond acceptors (Lipinski definition) is 4. The molecule has 1 aliphatic heterocycles. The number of rotatable bonds is 4. The van der Waals surface area contributed by atoms with Crippen LogP contribution in [-0.4, -0.2) is 34.0 Å². The van der Waals surface area contributed by atoms with Crippen LogP contribution >= 0.6 is 0 Å². The van der Waals surface area contributed by atoms with Crippen LogP contribution in [-0.2, 0) is 11.2 Å². The van der Waals surface area contributed by atoms with Crippen LogP contribution in [0, 0.1) is 5.92 Å². The predicted octanol–water partition coefficient (Wildman–Crippen LogP) is 2.15. The first-order chi connectivity index (χ1) is 9.72. The Bertz CT molecular complexity index is 588. The summed E-state index contributed by atoms with van der Waals surface area (Å²) in [6, 6.07) is 9.67. The van der Waals surface area contributed by atoms with Crippen molar-refractivity contribution in [3.05, 3.63) is 36.2 Å². The van der Waals surface area contributed by atoms with Gasteiger partial charge < -0.3 is 9.42 Å². The molecule has 2 aromatic rings. The van der Waals surface area contributed by atoms with Gasteiger partial charge in [0.05, 0.1) is 0 Å². The standard InChI is InChI=1S/C15H17N3O2/c1-11-9-18(10-11)14(19)8-7-13-16-15(17-20-13)12-5-3-2-4-6-12/h2-6,11H,7-10H2,1H3. The Morgan fingerprint density at radius 1 is 1.35 bits per heavy atom. The second-order valence-corrected chi connectivity index (χ2v) is 5.28. The van der Waals surface area contributed by atoms with E-state index >= 15 is 0 Å². The highest BCUT2D eigenvalue weighted by atomic mass is 16.5. The van der Waals surface area contributed by atoms with Crippen molar-refractivity contribution in [2.24, 2.45) is 5.92 Å². The SMILES string of the molecule is CC1CN(C(=O)CCc2nc(-c3ccccc3)no2)C1. The number of likely N-dealkylation sites (tertiary alicyclic amines) is 1. The van der Waals surface area contributed by atoms with Crippen LogP contribution in [0.2, 0.25) is 0 Å². The molecule has 1 aromatic carbocycles. The smallest absolute Gasteiger partial charge is 0.227 e. The van der Waals surface area contributed by atoms with Gasteiger partial charge in [0.25, 0.3) is 0 Å². The first-order valence-corrected chi connectivity index (χ1v) is 6.88. The molecule has 0 bridgehead atoms. The molecule has 1 fully saturated rings. The number of aromatic nitrogens is 2. The van der Waals surface area contributed by atoms with Crippen LogP contribution < -0.4 is 0 Å². The normalized spacial score (nSPS) is 15.2. The highest BCUT2D eigenvalue weighted by molar-refractivity contribution is 5.77. The fourth-order valence-electron chi connectivity index (χ4n) is 2.34. The summed E-state index contributed by atoms with van der Waals surface area (Å²) in [6.07, 6.45) is 0.937. The number of amides is 1. The molecule has 0 N–H and O–H groups in total. The summed E-state index contributed by atoms with van der Waals surface area (Å²) in [7, 11) is 0. The summed E-state index contributed by atoms with van der Waals surface area (Å²) >= 11 is 0. The van der Waals surface area contributed by atoms with E-state index in [0.717, 1.165) is 18.7 Å². The van der Waals surface area contributed by atoms with Gasteiger partial charge in [-0.1, -0.05) is 42.4 Å². The third kappa shape index (κ3) is 2.71. The Labute approximate surface area is 117 Å². The lowest BCUT2D eigenvalue weighted by atomic mass is 10.0. The minimum atomic E-state index is 0.169. The average molecular weight is 271 g/mol. The quantitative estimate of drug-likeness (QED) is 0.855. The molecule has 3 rings (SSSR count). The van der Waals surface area contributed by atoms with Gasteiger partial charge in [0.15, 0.2) is 0 Å². The summed E-state index contributed by atoms with van der Waals surface area (Å²) in [4.78, 5) is 18.1. The fourth-order valence-corrected chi connectivity index (χ4v) is 2.34. The van der Waals surface area contributed by atoms with Crippen molar-refractivity contribution < 1.29 is 9.32 Å². The van der Waals surface area contributed by atoms with Crippen LogP contribution in [0.1, 0.15) is 19.2 Å². The molecule has 2 heterocycles. The van der Waals surface area contributed by atoms with Crippen LogP contribution in [0.5, 0.6) is 0 Å². The van der Waals surface area contributed by atoms with Gasteiger partial charge in [-0.25, -0.2) is 0 Å². The van der Waals surface area contributed by atoms with E-state index in [2.05, 4.69) is 17.1 Å². The average Bonchev–Trinajstić information content (AvgIpc) is 2.91. The molecule has 0 radical (unpaired) electrons. The first-order valence-electron chi connectivity index (χ1n) is 6.88. The van der Waals surface area contributed by atoms with Crippen molar-refractivity contribution >= 4 is 5.91 Å². The Morgan fingerprint density at radius 2 is 2.10 bits per heavy atom. The molecule has 20 heavy (non-hydrogen) atoms. The fraction of sp³-hybridized carbons (Fsp3) is 0.400. The van der Waals surface area contributed by atoms with Gasteiger partial charge in [-0.3, -0.25) is 4.79 Å². The highest BCUT2D eigenvalue weighted by Crippen LogP contribution is 2.18. The minimum Gasteiger partial charge on any atom is -0.342 e. The van der Waals surface area contributed by atoms with E-state index in [0.29, 0.717) is 30.5 Å². The van der Waals surface area contributed by atoms with Crippen molar-refractivity contribution in [1.29, 1.82) is 0 Å². The number of hydrogen-bond donors (Lipinski definition) is 0. The number of carbonyl (C=O) groups excluding carboxylic acids is 1.